The molecule has 0 aliphatic rings. The molecule has 0 spiro atoms. The number of primary sulfonamides is 1. The van der Waals surface area contributed by atoms with Gasteiger partial charge in [0.15, 0.2) is 0 Å². The van der Waals surface area contributed by atoms with E-state index in [1.807, 2.05) is 20.0 Å². The molecule has 1 aromatic carbocycles. The molecule has 5 heteroatoms. The van der Waals surface area contributed by atoms with E-state index in [4.69, 9.17) is 5.14 Å². The Balaban J connectivity index is 3.38. The van der Waals surface area contributed by atoms with Crippen LogP contribution in [0.15, 0.2) is 17.0 Å². The third kappa shape index (κ3) is 2.77. The van der Waals surface area contributed by atoms with Gasteiger partial charge in [-0.25, -0.2) is 13.6 Å². The summed E-state index contributed by atoms with van der Waals surface area (Å²) in [5, 5.41) is 8.12. The topological polar surface area (TPSA) is 72.2 Å². The molecule has 0 atom stereocenters. The van der Waals surface area contributed by atoms with Crippen molar-refractivity contribution in [2.75, 3.05) is 7.05 Å². The number of rotatable bonds is 3. The van der Waals surface area contributed by atoms with Gasteiger partial charge in [0, 0.05) is 6.54 Å². The first-order valence-corrected chi connectivity index (χ1v) is 6.18. The molecule has 15 heavy (non-hydrogen) atoms. The highest BCUT2D eigenvalue weighted by Crippen LogP contribution is 2.19. The van der Waals surface area contributed by atoms with Crippen LogP contribution in [0, 0.1) is 13.8 Å². The minimum Gasteiger partial charge on any atom is -0.316 e. The Bertz CT molecular complexity index is 467. The summed E-state index contributed by atoms with van der Waals surface area (Å²) in [6, 6.07) is 3.58. The van der Waals surface area contributed by atoms with Crippen molar-refractivity contribution in [3.8, 4) is 0 Å². The molecule has 0 fully saturated rings. The second kappa shape index (κ2) is 4.30. The summed E-state index contributed by atoms with van der Waals surface area (Å²) in [4.78, 5) is 0.216. The molecule has 0 bridgehead atoms. The molecule has 0 saturated heterocycles. The molecule has 84 valence electrons. The first-order chi connectivity index (χ1) is 6.86. The molecule has 0 amide bonds. The van der Waals surface area contributed by atoms with Gasteiger partial charge in [0.05, 0.1) is 4.90 Å². The van der Waals surface area contributed by atoms with E-state index >= 15 is 0 Å². The SMILES string of the molecule is CNCc1cc(C)c(C)c(S(N)(=O)=O)c1. The molecular formula is C10H16N2O2S. The van der Waals surface area contributed by atoms with E-state index in [1.165, 1.54) is 0 Å². The zero-order chi connectivity index (χ0) is 11.6. The second-order valence-electron chi connectivity index (χ2n) is 3.61. The van der Waals surface area contributed by atoms with Gasteiger partial charge in [0.2, 0.25) is 10.0 Å². The first kappa shape index (κ1) is 12.2. The van der Waals surface area contributed by atoms with Crippen LogP contribution in [-0.4, -0.2) is 15.5 Å². The summed E-state index contributed by atoms with van der Waals surface area (Å²) in [5.41, 5.74) is 2.58. The predicted molar refractivity (Wildman–Crippen MR) is 60.1 cm³/mol. The van der Waals surface area contributed by atoms with Crippen molar-refractivity contribution in [3.63, 3.8) is 0 Å². The van der Waals surface area contributed by atoms with Gasteiger partial charge in [-0.3, -0.25) is 0 Å². The molecule has 1 rings (SSSR count). The molecule has 0 heterocycles. The quantitative estimate of drug-likeness (QED) is 0.798. The standard InChI is InChI=1S/C10H16N2O2S/c1-7-4-9(6-12-3)5-10(8(7)2)15(11,13)14/h4-5,12H,6H2,1-3H3,(H2,11,13,14). The lowest BCUT2D eigenvalue weighted by molar-refractivity contribution is 0.596. The van der Waals surface area contributed by atoms with Gasteiger partial charge in [-0.15, -0.1) is 0 Å². The molecule has 1 aromatic rings. The van der Waals surface area contributed by atoms with E-state index < -0.39 is 10.0 Å². The van der Waals surface area contributed by atoms with E-state index in [0.29, 0.717) is 6.54 Å². The van der Waals surface area contributed by atoms with Crippen molar-refractivity contribution >= 4 is 10.0 Å². The van der Waals surface area contributed by atoms with Crippen LogP contribution in [0.5, 0.6) is 0 Å². The number of hydrogen-bond donors (Lipinski definition) is 2. The number of nitrogens with two attached hydrogens (primary N) is 1. The van der Waals surface area contributed by atoms with Crippen molar-refractivity contribution in [2.24, 2.45) is 5.14 Å². The van der Waals surface area contributed by atoms with Crippen molar-refractivity contribution in [1.82, 2.24) is 5.32 Å². The third-order valence-electron chi connectivity index (χ3n) is 2.37. The zero-order valence-electron chi connectivity index (χ0n) is 9.16. The third-order valence-corrected chi connectivity index (χ3v) is 3.40. The molecule has 0 aromatic heterocycles. The summed E-state index contributed by atoms with van der Waals surface area (Å²) in [5.74, 6) is 0. The maximum Gasteiger partial charge on any atom is 0.238 e. The van der Waals surface area contributed by atoms with Crippen LogP contribution in [0.3, 0.4) is 0 Å². The van der Waals surface area contributed by atoms with Gasteiger partial charge in [-0.1, -0.05) is 6.07 Å². The second-order valence-corrected chi connectivity index (χ2v) is 5.14. The Morgan fingerprint density at radius 1 is 1.33 bits per heavy atom. The lowest BCUT2D eigenvalue weighted by Gasteiger charge is -2.10. The highest BCUT2D eigenvalue weighted by atomic mass is 32.2. The minimum absolute atomic E-state index is 0.216. The van der Waals surface area contributed by atoms with Gasteiger partial charge in [0.1, 0.15) is 0 Å². The summed E-state index contributed by atoms with van der Waals surface area (Å²) in [6.07, 6.45) is 0. The zero-order valence-corrected chi connectivity index (χ0v) is 9.98. The minimum atomic E-state index is -3.62. The van der Waals surface area contributed by atoms with E-state index in [9.17, 15) is 8.42 Å². The van der Waals surface area contributed by atoms with Gasteiger partial charge in [-0.2, -0.15) is 0 Å². The van der Waals surface area contributed by atoms with E-state index in [1.54, 1.807) is 13.0 Å². The van der Waals surface area contributed by atoms with Crippen LogP contribution >= 0.6 is 0 Å². The Hall–Kier alpha value is -0.910. The predicted octanol–water partition coefficient (Wildman–Crippen LogP) is 0.670. The maximum atomic E-state index is 11.3. The van der Waals surface area contributed by atoms with Gasteiger partial charge >= 0.3 is 0 Å². The van der Waals surface area contributed by atoms with Crippen molar-refractivity contribution in [3.05, 3.63) is 28.8 Å². The Labute approximate surface area is 90.5 Å². The van der Waals surface area contributed by atoms with Crippen LogP contribution in [0.2, 0.25) is 0 Å². The average Bonchev–Trinajstić information content (AvgIpc) is 2.09. The van der Waals surface area contributed by atoms with Crippen LogP contribution in [0.25, 0.3) is 0 Å². The fourth-order valence-electron chi connectivity index (χ4n) is 1.50. The van der Waals surface area contributed by atoms with Crippen molar-refractivity contribution in [1.29, 1.82) is 0 Å². The van der Waals surface area contributed by atoms with Crippen molar-refractivity contribution < 1.29 is 8.42 Å². The Kier molecular flexibility index (Phi) is 3.49. The van der Waals surface area contributed by atoms with E-state index in [-0.39, 0.29) is 4.90 Å². The van der Waals surface area contributed by atoms with E-state index in [2.05, 4.69) is 5.32 Å². The monoisotopic (exact) mass is 228 g/mol. The first-order valence-electron chi connectivity index (χ1n) is 4.63. The maximum absolute atomic E-state index is 11.3. The molecule has 0 radical (unpaired) electrons. The fraction of sp³-hybridized carbons (Fsp3) is 0.400. The molecule has 0 aliphatic carbocycles. The number of sulfonamides is 1. The summed E-state index contributed by atoms with van der Waals surface area (Å²) in [7, 11) is -1.81. The summed E-state index contributed by atoms with van der Waals surface area (Å²) < 4.78 is 22.6. The van der Waals surface area contributed by atoms with Crippen LogP contribution in [0.4, 0.5) is 0 Å². The molecule has 4 nitrogen and oxygen atoms in total. The van der Waals surface area contributed by atoms with Gasteiger partial charge in [0.25, 0.3) is 0 Å². The molecule has 3 N–H and O–H groups in total. The van der Waals surface area contributed by atoms with Gasteiger partial charge in [-0.05, 0) is 43.7 Å². The normalized spacial score (nSPS) is 11.7. The van der Waals surface area contributed by atoms with Crippen LogP contribution in [0.1, 0.15) is 16.7 Å². The highest BCUT2D eigenvalue weighted by molar-refractivity contribution is 7.89. The fourth-order valence-corrected chi connectivity index (χ4v) is 2.40. The summed E-state index contributed by atoms with van der Waals surface area (Å²) >= 11 is 0. The van der Waals surface area contributed by atoms with Gasteiger partial charge < -0.3 is 5.32 Å². The average molecular weight is 228 g/mol. The molecule has 0 aliphatic heterocycles. The molecule has 0 unspecified atom stereocenters. The Morgan fingerprint density at radius 3 is 2.40 bits per heavy atom. The highest BCUT2D eigenvalue weighted by Gasteiger charge is 2.13. The number of nitrogens with one attached hydrogen (secondary N) is 1. The Morgan fingerprint density at radius 2 is 1.93 bits per heavy atom. The number of benzene rings is 1. The van der Waals surface area contributed by atoms with Crippen LogP contribution in [-0.2, 0) is 16.6 Å². The lowest BCUT2D eigenvalue weighted by Crippen LogP contribution is -2.15. The summed E-state index contributed by atoms with van der Waals surface area (Å²) in [6.45, 7) is 4.27. The molecule has 0 saturated carbocycles. The number of hydrogen-bond acceptors (Lipinski definition) is 3. The smallest absolute Gasteiger partial charge is 0.238 e. The largest absolute Gasteiger partial charge is 0.316 e. The number of aryl methyl sites for hydroxylation is 1. The van der Waals surface area contributed by atoms with Crippen molar-refractivity contribution in [2.45, 2.75) is 25.3 Å². The van der Waals surface area contributed by atoms with E-state index in [0.717, 1.165) is 16.7 Å². The lowest BCUT2D eigenvalue weighted by atomic mass is 10.1. The molecular weight excluding hydrogens is 212 g/mol. The van der Waals surface area contributed by atoms with Crippen LogP contribution < -0.4 is 10.5 Å².